The fraction of sp³-hybridized carbons (Fsp3) is 0.333. The van der Waals surface area contributed by atoms with Crippen LogP contribution in [-0.2, 0) is 11.2 Å². The van der Waals surface area contributed by atoms with Gasteiger partial charge in [0.2, 0.25) is 5.91 Å². The second-order valence-electron chi connectivity index (χ2n) is 6.40. The molecular formula is C21H24F2N2O3. The van der Waals surface area contributed by atoms with Crippen LogP contribution in [-0.4, -0.2) is 32.0 Å². The molecule has 0 aliphatic carbocycles. The molecule has 0 heterocycles. The van der Waals surface area contributed by atoms with E-state index in [4.69, 9.17) is 4.74 Å². The minimum absolute atomic E-state index is 0.131. The van der Waals surface area contributed by atoms with Gasteiger partial charge in [-0.1, -0.05) is 17.7 Å². The van der Waals surface area contributed by atoms with E-state index >= 15 is 0 Å². The van der Waals surface area contributed by atoms with Gasteiger partial charge in [-0.3, -0.25) is 9.59 Å². The number of hydrogen-bond donors (Lipinski definition) is 2. The lowest BCUT2D eigenvalue weighted by Crippen LogP contribution is -2.29. The quantitative estimate of drug-likeness (QED) is 0.647. The van der Waals surface area contributed by atoms with Crippen LogP contribution >= 0.6 is 0 Å². The molecule has 150 valence electrons. The molecule has 0 radical (unpaired) electrons. The molecule has 2 rings (SSSR count). The summed E-state index contributed by atoms with van der Waals surface area (Å²) >= 11 is 0. The number of aryl methyl sites for hydroxylation is 1. The second kappa shape index (κ2) is 10.4. The minimum atomic E-state index is -0.915. The summed E-state index contributed by atoms with van der Waals surface area (Å²) in [6.07, 6.45) is 1.29. The number of rotatable bonds is 9. The molecule has 0 aliphatic heterocycles. The average Bonchev–Trinajstić information content (AvgIpc) is 2.65. The normalized spacial score (nSPS) is 10.4. The summed E-state index contributed by atoms with van der Waals surface area (Å²) in [5, 5.41) is 5.35. The lowest BCUT2D eigenvalue weighted by molar-refractivity contribution is -0.121. The molecule has 7 heteroatoms. The second-order valence-corrected chi connectivity index (χ2v) is 6.40. The first kappa shape index (κ1) is 21.3. The van der Waals surface area contributed by atoms with E-state index in [1.807, 2.05) is 25.1 Å². The highest BCUT2D eigenvalue weighted by Gasteiger charge is 2.12. The van der Waals surface area contributed by atoms with E-state index in [0.29, 0.717) is 25.5 Å². The predicted octanol–water partition coefficient (Wildman–Crippen LogP) is 3.15. The smallest absolute Gasteiger partial charge is 0.254 e. The Balaban J connectivity index is 1.68. The van der Waals surface area contributed by atoms with Gasteiger partial charge in [0.15, 0.2) is 0 Å². The van der Waals surface area contributed by atoms with Gasteiger partial charge in [0.05, 0.1) is 12.7 Å². The van der Waals surface area contributed by atoms with Crippen LogP contribution in [0.4, 0.5) is 8.78 Å². The molecule has 28 heavy (non-hydrogen) atoms. The van der Waals surface area contributed by atoms with Crippen LogP contribution in [0.2, 0.25) is 0 Å². The number of ether oxygens (including phenoxy) is 1. The summed E-state index contributed by atoms with van der Waals surface area (Å²) in [6.45, 7) is 2.69. The van der Waals surface area contributed by atoms with Crippen LogP contribution in [0.25, 0.3) is 0 Å². The maximum absolute atomic E-state index is 13.5. The number of methoxy groups -OCH3 is 1. The lowest BCUT2D eigenvalue weighted by atomic mass is 10.1. The number of hydrogen-bond acceptors (Lipinski definition) is 3. The number of amides is 2. The van der Waals surface area contributed by atoms with Crippen molar-refractivity contribution in [3.8, 4) is 5.75 Å². The third-order valence-electron chi connectivity index (χ3n) is 4.19. The van der Waals surface area contributed by atoms with Crippen molar-refractivity contribution < 1.29 is 23.1 Å². The Kier molecular flexibility index (Phi) is 7.92. The van der Waals surface area contributed by atoms with Crippen LogP contribution in [0, 0.1) is 18.6 Å². The number of halogens is 2. The molecule has 0 aromatic heterocycles. The van der Waals surface area contributed by atoms with Gasteiger partial charge in [-0.25, -0.2) is 8.78 Å². The Morgan fingerprint density at radius 3 is 2.54 bits per heavy atom. The lowest BCUT2D eigenvalue weighted by Gasteiger charge is -2.10. The average molecular weight is 390 g/mol. The fourth-order valence-corrected chi connectivity index (χ4v) is 2.75. The van der Waals surface area contributed by atoms with Gasteiger partial charge in [0, 0.05) is 25.6 Å². The highest BCUT2D eigenvalue weighted by atomic mass is 19.1. The van der Waals surface area contributed by atoms with Crippen LogP contribution < -0.4 is 15.4 Å². The molecule has 2 aromatic rings. The van der Waals surface area contributed by atoms with Crippen molar-refractivity contribution >= 4 is 11.8 Å². The van der Waals surface area contributed by atoms with E-state index < -0.39 is 17.5 Å². The van der Waals surface area contributed by atoms with Crippen molar-refractivity contribution in [2.45, 2.75) is 26.2 Å². The number of benzene rings is 2. The molecule has 0 bridgehead atoms. The number of carbonyl (C=O) groups excluding carboxylic acids is 2. The molecule has 0 unspecified atom stereocenters. The zero-order valence-corrected chi connectivity index (χ0v) is 16.0. The first-order valence-electron chi connectivity index (χ1n) is 9.04. The maximum Gasteiger partial charge on any atom is 0.254 e. The molecular weight excluding hydrogens is 366 g/mol. The zero-order valence-electron chi connectivity index (χ0n) is 16.0. The Bertz CT molecular complexity index is 840. The van der Waals surface area contributed by atoms with Crippen LogP contribution in [0.15, 0.2) is 36.4 Å². The minimum Gasteiger partial charge on any atom is -0.496 e. The number of carbonyl (C=O) groups is 2. The Morgan fingerprint density at radius 2 is 1.82 bits per heavy atom. The van der Waals surface area contributed by atoms with Crippen LogP contribution in [0.1, 0.15) is 34.3 Å². The van der Waals surface area contributed by atoms with Crippen molar-refractivity contribution in [2.24, 2.45) is 0 Å². The van der Waals surface area contributed by atoms with Crippen LogP contribution in [0.3, 0.4) is 0 Å². The number of nitrogens with one attached hydrogen (secondary N) is 2. The molecule has 0 fully saturated rings. The molecule has 2 aromatic carbocycles. The first-order chi connectivity index (χ1) is 13.4. The van der Waals surface area contributed by atoms with E-state index in [2.05, 4.69) is 10.6 Å². The summed E-state index contributed by atoms with van der Waals surface area (Å²) in [4.78, 5) is 23.8. The van der Waals surface area contributed by atoms with Gasteiger partial charge in [-0.05, 0) is 43.5 Å². The molecule has 2 amide bonds. The molecule has 0 spiro atoms. The van der Waals surface area contributed by atoms with Gasteiger partial charge in [0.1, 0.15) is 17.4 Å². The van der Waals surface area contributed by atoms with Gasteiger partial charge in [0.25, 0.3) is 5.91 Å². The molecule has 0 atom stereocenters. The highest BCUT2D eigenvalue weighted by molar-refractivity contribution is 5.94. The van der Waals surface area contributed by atoms with Crippen molar-refractivity contribution in [1.29, 1.82) is 0 Å². The summed E-state index contributed by atoms with van der Waals surface area (Å²) in [7, 11) is 1.61. The Hall–Kier alpha value is -2.96. The monoisotopic (exact) mass is 390 g/mol. The SMILES string of the molecule is COc1ccc(C)cc1CCNC(=O)CCCNC(=O)c1ccc(F)cc1F. The first-order valence-corrected chi connectivity index (χ1v) is 9.04. The van der Waals surface area contributed by atoms with Crippen molar-refractivity contribution in [3.05, 3.63) is 64.7 Å². The summed E-state index contributed by atoms with van der Waals surface area (Å²) in [5.74, 6) is -1.63. The van der Waals surface area contributed by atoms with E-state index in [1.54, 1.807) is 7.11 Å². The van der Waals surface area contributed by atoms with Gasteiger partial charge in [-0.15, -0.1) is 0 Å². The largest absolute Gasteiger partial charge is 0.496 e. The van der Waals surface area contributed by atoms with Crippen molar-refractivity contribution in [3.63, 3.8) is 0 Å². The van der Waals surface area contributed by atoms with Crippen molar-refractivity contribution in [2.75, 3.05) is 20.2 Å². The maximum atomic E-state index is 13.5. The third kappa shape index (κ3) is 6.33. The molecule has 5 nitrogen and oxygen atoms in total. The molecule has 0 saturated carbocycles. The van der Waals surface area contributed by atoms with E-state index in [9.17, 15) is 18.4 Å². The zero-order chi connectivity index (χ0) is 20.5. The third-order valence-corrected chi connectivity index (χ3v) is 4.19. The topological polar surface area (TPSA) is 67.4 Å². The van der Waals surface area contributed by atoms with Gasteiger partial charge >= 0.3 is 0 Å². The Labute approximate surface area is 163 Å². The Morgan fingerprint density at radius 1 is 1.04 bits per heavy atom. The standard InChI is InChI=1S/C21H24F2N2O3/c1-14-5-8-19(28-2)15(12-14)9-11-24-20(26)4-3-10-25-21(27)17-7-6-16(22)13-18(17)23/h5-8,12-13H,3-4,9-11H2,1-2H3,(H,24,26)(H,25,27). The molecule has 0 saturated heterocycles. The fourth-order valence-electron chi connectivity index (χ4n) is 2.75. The summed E-state index contributed by atoms with van der Waals surface area (Å²) < 4.78 is 31.7. The van der Waals surface area contributed by atoms with Crippen LogP contribution in [0.5, 0.6) is 5.75 Å². The van der Waals surface area contributed by atoms with E-state index in [-0.39, 0.29) is 24.4 Å². The van der Waals surface area contributed by atoms with Gasteiger partial charge in [-0.2, -0.15) is 0 Å². The predicted molar refractivity (Wildman–Crippen MR) is 102 cm³/mol. The van der Waals surface area contributed by atoms with Crippen molar-refractivity contribution in [1.82, 2.24) is 10.6 Å². The highest BCUT2D eigenvalue weighted by Crippen LogP contribution is 2.19. The molecule has 0 aliphatic rings. The van der Waals surface area contributed by atoms with E-state index in [0.717, 1.165) is 29.0 Å². The molecule has 2 N–H and O–H groups in total. The van der Waals surface area contributed by atoms with Gasteiger partial charge < -0.3 is 15.4 Å². The van der Waals surface area contributed by atoms with E-state index in [1.165, 1.54) is 0 Å². The summed E-state index contributed by atoms with van der Waals surface area (Å²) in [5.41, 5.74) is 1.92. The summed E-state index contributed by atoms with van der Waals surface area (Å²) in [6, 6.07) is 8.66.